The van der Waals surface area contributed by atoms with Gasteiger partial charge in [-0.1, -0.05) is 24.3 Å². The van der Waals surface area contributed by atoms with Gasteiger partial charge in [-0.25, -0.2) is 8.78 Å². The molecule has 1 aliphatic rings. The Balaban J connectivity index is 1.84. The molecule has 1 aromatic rings. The number of carbonyl (C=O) groups is 1. The Bertz CT molecular complexity index is 449. The minimum atomic E-state index is -2.54. The standard InChI is InChI=1S/C15H19F2NO/c1-11-4-2-3-5-12(11)10-14(19)18-13-6-8-15(16,17)9-7-13/h2-5,13H,6-10H2,1H3,(H,18,19). The largest absolute Gasteiger partial charge is 0.353 e. The van der Waals surface area contributed by atoms with Crippen LogP contribution in [0, 0.1) is 6.92 Å². The zero-order valence-electron chi connectivity index (χ0n) is 11.1. The molecular weight excluding hydrogens is 248 g/mol. The van der Waals surface area contributed by atoms with Crippen LogP contribution in [0.2, 0.25) is 0 Å². The number of amides is 1. The fourth-order valence-corrected chi connectivity index (χ4v) is 2.44. The fraction of sp³-hybridized carbons (Fsp3) is 0.533. The van der Waals surface area contributed by atoms with Crippen LogP contribution in [0.1, 0.15) is 36.8 Å². The SMILES string of the molecule is Cc1ccccc1CC(=O)NC1CCC(F)(F)CC1. The maximum atomic E-state index is 13.0. The second kappa shape index (κ2) is 5.68. The van der Waals surface area contributed by atoms with E-state index in [1.807, 2.05) is 31.2 Å². The summed E-state index contributed by atoms with van der Waals surface area (Å²) in [6.07, 6.45) is 0.809. The van der Waals surface area contributed by atoms with Crippen LogP contribution in [0.4, 0.5) is 8.78 Å². The van der Waals surface area contributed by atoms with Gasteiger partial charge in [0.2, 0.25) is 11.8 Å². The van der Waals surface area contributed by atoms with Gasteiger partial charge in [0.1, 0.15) is 0 Å². The van der Waals surface area contributed by atoms with Crippen LogP contribution in [0.5, 0.6) is 0 Å². The van der Waals surface area contributed by atoms with Gasteiger partial charge in [0.15, 0.2) is 0 Å². The number of nitrogens with one attached hydrogen (secondary N) is 1. The van der Waals surface area contributed by atoms with Crippen LogP contribution in [-0.2, 0) is 11.2 Å². The van der Waals surface area contributed by atoms with Crippen molar-refractivity contribution in [3.63, 3.8) is 0 Å². The van der Waals surface area contributed by atoms with Gasteiger partial charge in [-0.2, -0.15) is 0 Å². The summed E-state index contributed by atoms with van der Waals surface area (Å²) in [4.78, 5) is 11.9. The maximum absolute atomic E-state index is 13.0. The predicted molar refractivity (Wildman–Crippen MR) is 70.2 cm³/mol. The highest BCUT2D eigenvalue weighted by Gasteiger charge is 2.35. The molecule has 104 valence electrons. The number of alkyl halides is 2. The monoisotopic (exact) mass is 267 g/mol. The van der Waals surface area contributed by atoms with Crippen molar-refractivity contribution >= 4 is 5.91 Å². The number of carbonyl (C=O) groups excluding carboxylic acids is 1. The van der Waals surface area contributed by atoms with Gasteiger partial charge < -0.3 is 5.32 Å². The summed E-state index contributed by atoms with van der Waals surface area (Å²) in [5.41, 5.74) is 2.06. The Morgan fingerprint density at radius 3 is 2.58 bits per heavy atom. The van der Waals surface area contributed by atoms with E-state index in [0.717, 1.165) is 11.1 Å². The van der Waals surface area contributed by atoms with E-state index in [1.54, 1.807) is 0 Å². The Kier molecular flexibility index (Phi) is 4.17. The average Bonchev–Trinajstić information content (AvgIpc) is 2.35. The molecule has 4 heteroatoms. The summed E-state index contributed by atoms with van der Waals surface area (Å²) in [7, 11) is 0. The molecule has 1 aliphatic carbocycles. The Morgan fingerprint density at radius 1 is 1.32 bits per heavy atom. The Morgan fingerprint density at radius 2 is 1.95 bits per heavy atom. The lowest BCUT2D eigenvalue weighted by molar-refractivity contribution is -0.122. The molecule has 1 fully saturated rings. The molecule has 2 rings (SSSR count). The second-order valence-corrected chi connectivity index (χ2v) is 5.30. The highest BCUT2D eigenvalue weighted by atomic mass is 19.3. The van der Waals surface area contributed by atoms with Crippen LogP contribution >= 0.6 is 0 Å². The average molecular weight is 267 g/mol. The van der Waals surface area contributed by atoms with Crippen molar-refractivity contribution in [3.05, 3.63) is 35.4 Å². The zero-order chi connectivity index (χ0) is 13.9. The van der Waals surface area contributed by atoms with Gasteiger partial charge in [-0.3, -0.25) is 4.79 Å². The van der Waals surface area contributed by atoms with Gasteiger partial charge in [0.25, 0.3) is 0 Å². The number of hydrogen-bond donors (Lipinski definition) is 1. The molecule has 0 atom stereocenters. The third-order valence-electron chi connectivity index (χ3n) is 3.69. The fourth-order valence-electron chi connectivity index (χ4n) is 2.44. The number of rotatable bonds is 3. The first-order chi connectivity index (χ1) is 8.96. The van der Waals surface area contributed by atoms with Gasteiger partial charge in [-0.05, 0) is 30.9 Å². The number of benzene rings is 1. The lowest BCUT2D eigenvalue weighted by Gasteiger charge is -2.28. The van der Waals surface area contributed by atoms with Crippen molar-refractivity contribution in [2.75, 3.05) is 0 Å². The van der Waals surface area contributed by atoms with Gasteiger partial charge in [0, 0.05) is 18.9 Å². The lowest BCUT2D eigenvalue weighted by atomic mass is 9.92. The van der Waals surface area contributed by atoms with E-state index in [1.165, 1.54) is 0 Å². The van der Waals surface area contributed by atoms with Gasteiger partial charge >= 0.3 is 0 Å². The molecule has 1 saturated carbocycles. The third-order valence-corrected chi connectivity index (χ3v) is 3.69. The van der Waals surface area contributed by atoms with Crippen molar-refractivity contribution in [2.24, 2.45) is 0 Å². The molecule has 2 nitrogen and oxygen atoms in total. The molecule has 1 N–H and O–H groups in total. The minimum absolute atomic E-state index is 0.0792. The van der Waals surface area contributed by atoms with Crippen LogP contribution in [0.15, 0.2) is 24.3 Å². The van der Waals surface area contributed by atoms with Crippen molar-refractivity contribution in [3.8, 4) is 0 Å². The molecule has 0 heterocycles. The van der Waals surface area contributed by atoms with E-state index >= 15 is 0 Å². The Hall–Kier alpha value is -1.45. The summed E-state index contributed by atoms with van der Waals surface area (Å²) in [5.74, 6) is -2.62. The molecular formula is C15H19F2NO. The summed E-state index contributed by atoms with van der Waals surface area (Å²) in [5, 5.41) is 2.86. The molecule has 0 unspecified atom stereocenters. The summed E-state index contributed by atoms with van der Waals surface area (Å²) in [6.45, 7) is 1.96. The first kappa shape index (κ1) is 14.0. The maximum Gasteiger partial charge on any atom is 0.248 e. The summed E-state index contributed by atoms with van der Waals surface area (Å²) in [6, 6.07) is 7.61. The van der Waals surface area contributed by atoms with E-state index < -0.39 is 5.92 Å². The minimum Gasteiger partial charge on any atom is -0.353 e. The molecule has 19 heavy (non-hydrogen) atoms. The third kappa shape index (κ3) is 4.01. The Labute approximate surface area is 112 Å². The number of hydrogen-bond acceptors (Lipinski definition) is 1. The first-order valence-corrected chi connectivity index (χ1v) is 6.68. The van der Waals surface area contributed by atoms with E-state index in [9.17, 15) is 13.6 Å². The molecule has 0 radical (unpaired) electrons. The van der Waals surface area contributed by atoms with E-state index in [4.69, 9.17) is 0 Å². The molecule has 0 saturated heterocycles. The van der Waals surface area contributed by atoms with Crippen molar-refractivity contribution < 1.29 is 13.6 Å². The van der Waals surface area contributed by atoms with E-state index in [0.29, 0.717) is 19.3 Å². The summed E-state index contributed by atoms with van der Waals surface area (Å²) < 4.78 is 26.0. The number of aryl methyl sites for hydroxylation is 1. The van der Waals surface area contributed by atoms with Gasteiger partial charge in [0.05, 0.1) is 6.42 Å². The van der Waals surface area contributed by atoms with Crippen LogP contribution < -0.4 is 5.32 Å². The lowest BCUT2D eigenvalue weighted by Crippen LogP contribution is -2.41. The topological polar surface area (TPSA) is 29.1 Å². The highest BCUT2D eigenvalue weighted by molar-refractivity contribution is 5.79. The van der Waals surface area contributed by atoms with Crippen molar-refractivity contribution in [2.45, 2.75) is 51.0 Å². The predicted octanol–water partition coefficient (Wildman–Crippen LogP) is 3.23. The number of halogens is 2. The molecule has 1 aromatic carbocycles. The second-order valence-electron chi connectivity index (χ2n) is 5.30. The van der Waals surface area contributed by atoms with E-state index in [-0.39, 0.29) is 24.8 Å². The van der Waals surface area contributed by atoms with Crippen molar-refractivity contribution in [1.29, 1.82) is 0 Å². The molecule has 0 aromatic heterocycles. The smallest absolute Gasteiger partial charge is 0.248 e. The highest BCUT2D eigenvalue weighted by Crippen LogP contribution is 2.32. The quantitative estimate of drug-likeness (QED) is 0.895. The van der Waals surface area contributed by atoms with Crippen LogP contribution in [0.3, 0.4) is 0 Å². The van der Waals surface area contributed by atoms with Crippen LogP contribution in [0.25, 0.3) is 0 Å². The normalized spacial score (nSPS) is 19.1. The van der Waals surface area contributed by atoms with Gasteiger partial charge in [-0.15, -0.1) is 0 Å². The summed E-state index contributed by atoms with van der Waals surface area (Å²) >= 11 is 0. The van der Waals surface area contributed by atoms with Crippen LogP contribution in [-0.4, -0.2) is 17.9 Å². The van der Waals surface area contributed by atoms with E-state index in [2.05, 4.69) is 5.32 Å². The zero-order valence-corrected chi connectivity index (χ0v) is 11.1. The molecule has 0 spiro atoms. The first-order valence-electron chi connectivity index (χ1n) is 6.68. The molecule has 1 amide bonds. The molecule has 0 bridgehead atoms. The van der Waals surface area contributed by atoms with Crippen molar-refractivity contribution in [1.82, 2.24) is 5.32 Å². The molecule has 0 aliphatic heterocycles.